The molecule has 0 rings (SSSR count). The van der Waals surface area contributed by atoms with Gasteiger partial charge in [-0.25, -0.2) is 0 Å². The van der Waals surface area contributed by atoms with E-state index in [1.54, 1.807) is 0 Å². The van der Waals surface area contributed by atoms with Crippen LogP contribution in [0.2, 0.25) is 0 Å². The Bertz CT molecular complexity index is 874. The minimum atomic E-state index is -0.759. The zero-order chi connectivity index (χ0) is 42.4. The van der Waals surface area contributed by atoms with Gasteiger partial charge in [-0.15, -0.1) is 0 Å². The predicted molar refractivity (Wildman–Crippen MR) is 247 cm³/mol. The van der Waals surface area contributed by atoms with Gasteiger partial charge in [0.25, 0.3) is 0 Å². The summed E-state index contributed by atoms with van der Waals surface area (Å²) in [5.74, 6) is 0.0487. The van der Waals surface area contributed by atoms with E-state index in [4.69, 9.17) is 14.2 Å². The lowest BCUT2D eigenvalue weighted by atomic mass is 9.99. The molecule has 0 spiro atoms. The molecule has 1 unspecified atom stereocenters. The van der Waals surface area contributed by atoms with Crippen LogP contribution in [0.3, 0.4) is 0 Å². The van der Waals surface area contributed by atoms with Crippen LogP contribution in [0.4, 0.5) is 0 Å². The number of hydrogen-bond acceptors (Lipinski definition) is 6. The fourth-order valence-corrected chi connectivity index (χ4v) is 7.83. The number of carbonyl (C=O) groups excluding carboxylic acids is 3. The first-order valence-corrected chi connectivity index (χ1v) is 25.9. The van der Waals surface area contributed by atoms with Crippen LogP contribution in [0.15, 0.2) is 0 Å². The molecule has 0 aliphatic heterocycles. The molecule has 0 aromatic carbocycles. The highest BCUT2D eigenvalue weighted by Gasteiger charge is 2.19. The molecule has 0 radical (unpaired) electrons. The van der Waals surface area contributed by atoms with Crippen LogP contribution in [0.1, 0.15) is 291 Å². The van der Waals surface area contributed by atoms with Crippen LogP contribution in [-0.4, -0.2) is 37.2 Å². The van der Waals surface area contributed by atoms with E-state index < -0.39 is 6.10 Å². The van der Waals surface area contributed by atoms with Gasteiger partial charge in [-0.2, -0.15) is 0 Å². The average Bonchev–Trinajstić information content (AvgIpc) is 3.22. The summed E-state index contributed by atoms with van der Waals surface area (Å²) in [6.45, 7) is 9.05. The van der Waals surface area contributed by atoms with Gasteiger partial charge in [0.1, 0.15) is 13.2 Å². The molecular weight excluding hydrogens is 721 g/mol. The van der Waals surface area contributed by atoms with Crippen LogP contribution in [0.25, 0.3) is 0 Å². The Kier molecular flexibility index (Phi) is 45.2. The highest BCUT2D eigenvalue weighted by Crippen LogP contribution is 2.18. The Morgan fingerprint density at radius 3 is 0.897 bits per heavy atom. The van der Waals surface area contributed by atoms with Crippen molar-refractivity contribution in [2.24, 2.45) is 5.92 Å². The van der Waals surface area contributed by atoms with Crippen LogP contribution < -0.4 is 0 Å². The molecule has 344 valence electrons. The third-order valence-corrected chi connectivity index (χ3v) is 12.2. The Morgan fingerprint density at radius 1 is 0.345 bits per heavy atom. The quantitative estimate of drug-likeness (QED) is 0.0346. The molecule has 0 saturated heterocycles. The summed E-state index contributed by atoms with van der Waals surface area (Å²) in [5, 5.41) is 0. The maximum atomic E-state index is 12.7. The van der Waals surface area contributed by atoms with Crippen molar-refractivity contribution in [3.63, 3.8) is 0 Å². The molecule has 0 saturated carbocycles. The first-order valence-electron chi connectivity index (χ1n) is 25.9. The van der Waals surface area contributed by atoms with Gasteiger partial charge in [-0.05, 0) is 25.2 Å². The van der Waals surface area contributed by atoms with E-state index >= 15 is 0 Å². The molecule has 0 N–H and O–H groups in total. The molecule has 0 aromatic rings. The molecule has 0 heterocycles. The van der Waals surface area contributed by atoms with Crippen LogP contribution in [0.5, 0.6) is 0 Å². The van der Waals surface area contributed by atoms with E-state index in [0.717, 1.165) is 63.7 Å². The van der Waals surface area contributed by atoms with Crippen molar-refractivity contribution < 1.29 is 28.6 Å². The molecule has 0 fully saturated rings. The number of unbranched alkanes of at least 4 members (excludes halogenated alkanes) is 33. The third kappa shape index (κ3) is 44.0. The molecule has 6 nitrogen and oxygen atoms in total. The van der Waals surface area contributed by atoms with Crippen LogP contribution in [-0.2, 0) is 28.6 Å². The van der Waals surface area contributed by atoms with Crippen molar-refractivity contribution in [1.82, 2.24) is 0 Å². The van der Waals surface area contributed by atoms with E-state index in [2.05, 4.69) is 27.7 Å². The highest BCUT2D eigenvalue weighted by molar-refractivity contribution is 5.71. The van der Waals surface area contributed by atoms with Gasteiger partial charge in [0.05, 0.1) is 0 Å². The second-order valence-electron chi connectivity index (χ2n) is 18.1. The molecule has 2 atom stereocenters. The zero-order valence-corrected chi connectivity index (χ0v) is 39.5. The average molecular weight is 821 g/mol. The topological polar surface area (TPSA) is 78.9 Å². The Hall–Kier alpha value is -1.59. The van der Waals surface area contributed by atoms with Crippen LogP contribution >= 0.6 is 0 Å². The third-order valence-electron chi connectivity index (χ3n) is 12.2. The molecule has 0 amide bonds. The minimum absolute atomic E-state index is 0.0629. The van der Waals surface area contributed by atoms with Gasteiger partial charge in [0.2, 0.25) is 0 Å². The molecule has 0 bridgehead atoms. The van der Waals surface area contributed by atoms with E-state index in [1.807, 2.05) is 0 Å². The van der Waals surface area contributed by atoms with Gasteiger partial charge in [-0.3, -0.25) is 14.4 Å². The second-order valence-corrected chi connectivity index (χ2v) is 18.1. The van der Waals surface area contributed by atoms with Gasteiger partial charge in [-0.1, -0.05) is 252 Å². The fraction of sp³-hybridized carbons (Fsp3) is 0.942. The number of carbonyl (C=O) groups is 3. The summed E-state index contributed by atoms with van der Waals surface area (Å²) in [5.41, 5.74) is 0. The van der Waals surface area contributed by atoms with Crippen molar-refractivity contribution in [3.8, 4) is 0 Å². The zero-order valence-electron chi connectivity index (χ0n) is 39.5. The molecule has 0 aliphatic carbocycles. The van der Waals surface area contributed by atoms with Crippen molar-refractivity contribution in [3.05, 3.63) is 0 Å². The summed E-state index contributed by atoms with van der Waals surface area (Å²) in [6.07, 6.45) is 48.0. The monoisotopic (exact) mass is 821 g/mol. The number of ether oxygens (including phenoxy) is 3. The number of esters is 3. The summed E-state index contributed by atoms with van der Waals surface area (Å²) < 4.78 is 16.8. The van der Waals surface area contributed by atoms with Crippen LogP contribution in [0, 0.1) is 5.92 Å². The lowest BCUT2D eigenvalue weighted by Crippen LogP contribution is -2.30. The minimum Gasteiger partial charge on any atom is -0.462 e. The molecule has 0 aliphatic rings. The first kappa shape index (κ1) is 56.4. The Morgan fingerprint density at radius 2 is 0.603 bits per heavy atom. The molecule has 0 aromatic heterocycles. The predicted octanol–water partition coefficient (Wildman–Crippen LogP) is 16.7. The van der Waals surface area contributed by atoms with E-state index in [-0.39, 0.29) is 31.1 Å². The molecule has 6 heteroatoms. The van der Waals surface area contributed by atoms with E-state index in [0.29, 0.717) is 19.3 Å². The van der Waals surface area contributed by atoms with Gasteiger partial charge < -0.3 is 14.2 Å². The summed E-state index contributed by atoms with van der Waals surface area (Å²) in [7, 11) is 0. The van der Waals surface area contributed by atoms with Crippen molar-refractivity contribution in [2.45, 2.75) is 297 Å². The van der Waals surface area contributed by atoms with Gasteiger partial charge in [0.15, 0.2) is 6.10 Å². The standard InChI is InChI=1S/C52H100O6/c1-5-8-10-12-14-16-17-20-24-28-31-35-39-43-50(53)56-46-49(58-52(55)45-41-37-33-26-15-13-11-9-6-2)47-57-51(54)44-40-36-32-29-25-22-19-18-21-23-27-30-34-38-42-48(4)7-3/h48-49H,5-47H2,1-4H3/t48?,49-/m0/s1. The van der Waals surface area contributed by atoms with Crippen molar-refractivity contribution in [1.29, 1.82) is 0 Å². The lowest BCUT2D eigenvalue weighted by molar-refractivity contribution is -0.167. The Balaban J connectivity index is 4.22. The first-order chi connectivity index (χ1) is 28.4. The van der Waals surface area contributed by atoms with Crippen molar-refractivity contribution >= 4 is 17.9 Å². The van der Waals surface area contributed by atoms with E-state index in [9.17, 15) is 14.4 Å². The summed E-state index contributed by atoms with van der Waals surface area (Å²) in [4.78, 5) is 37.8. The maximum absolute atomic E-state index is 12.7. The SMILES string of the molecule is CCCCCCCCCCCCCCCC(=O)OC[C@@H](COC(=O)CCCCCCCCCCCCCCCCC(C)CC)OC(=O)CCCCCCCCCCC. The van der Waals surface area contributed by atoms with Gasteiger partial charge >= 0.3 is 17.9 Å². The van der Waals surface area contributed by atoms with Crippen molar-refractivity contribution in [2.75, 3.05) is 13.2 Å². The number of hydrogen-bond donors (Lipinski definition) is 0. The molecule has 58 heavy (non-hydrogen) atoms. The molecular formula is C52H100O6. The highest BCUT2D eigenvalue weighted by atomic mass is 16.6. The van der Waals surface area contributed by atoms with Gasteiger partial charge in [0, 0.05) is 19.3 Å². The summed E-state index contributed by atoms with van der Waals surface area (Å²) in [6, 6.07) is 0. The van der Waals surface area contributed by atoms with E-state index in [1.165, 1.54) is 186 Å². The summed E-state index contributed by atoms with van der Waals surface area (Å²) >= 11 is 0. The Labute approximate surface area is 361 Å². The number of rotatable bonds is 47. The second kappa shape index (κ2) is 46.5. The smallest absolute Gasteiger partial charge is 0.306 e. The largest absolute Gasteiger partial charge is 0.462 e. The fourth-order valence-electron chi connectivity index (χ4n) is 7.83. The maximum Gasteiger partial charge on any atom is 0.306 e. The normalized spacial score (nSPS) is 12.4. The lowest BCUT2D eigenvalue weighted by Gasteiger charge is -2.18.